The highest BCUT2D eigenvalue weighted by atomic mass is 35.5. The van der Waals surface area contributed by atoms with Crippen LogP contribution in [0.15, 0.2) is 12.1 Å². The lowest BCUT2D eigenvalue weighted by Crippen LogP contribution is -2.46. The number of hydrogen-bond donors (Lipinski definition) is 2. The topological polar surface area (TPSA) is 75.3 Å². The molecule has 1 aromatic carbocycles. The molecule has 23 heavy (non-hydrogen) atoms. The monoisotopic (exact) mass is 362 g/mol. The van der Waals surface area contributed by atoms with Gasteiger partial charge in [0.15, 0.2) is 5.82 Å². The van der Waals surface area contributed by atoms with Crippen molar-refractivity contribution < 1.29 is 17.6 Å². The summed E-state index contributed by atoms with van der Waals surface area (Å²) in [6.45, 7) is 1.84. The van der Waals surface area contributed by atoms with Crippen LogP contribution in [0.1, 0.15) is 54.9 Å². The second kappa shape index (κ2) is 7.59. The molecule has 0 aliphatic heterocycles. The van der Waals surface area contributed by atoms with E-state index in [1.165, 1.54) is 12.1 Å². The average Bonchev–Trinajstić information content (AvgIpc) is 2.56. The van der Waals surface area contributed by atoms with Gasteiger partial charge in [-0.05, 0) is 37.0 Å². The molecule has 0 heterocycles. The Bertz CT molecular complexity index is 688. The Morgan fingerprint density at radius 2 is 1.96 bits per heavy atom. The summed E-state index contributed by atoms with van der Waals surface area (Å²) in [5.74, 6) is -1.72. The first kappa shape index (κ1) is 18.2. The predicted octanol–water partition coefficient (Wildman–Crippen LogP) is 2.94. The van der Waals surface area contributed by atoms with Gasteiger partial charge in [0.2, 0.25) is 10.0 Å². The van der Waals surface area contributed by atoms with E-state index in [2.05, 4.69) is 10.3 Å². The van der Waals surface area contributed by atoms with Gasteiger partial charge in [-0.25, -0.2) is 12.8 Å². The van der Waals surface area contributed by atoms with Crippen LogP contribution >= 0.6 is 11.6 Å². The molecule has 1 aliphatic rings. The number of carbonyl (C=O) groups is 1. The lowest BCUT2D eigenvalue weighted by molar-refractivity contribution is 0.0940. The van der Waals surface area contributed by atoms with Gasteiger partial charge in [-0.2, -0.15) is 0 Å². The number of rotatable bonds is 5. The fraction of sp³-hybridized carbons (Fsp3) is 0.533. The van der Waals surface area contributed by atoms with Crippen LogP contribution in [-0.4, -0.2) is 19.6 Å². The summed E-state index contributed by atoms with van der Waals surface area (Å²) in [5.41, 5.74) is 2.49. The highest BCUT2D eigenvalue weighted by Gasteiger charge is 2.28. The Labute approximate surface area is 140 Å². The van der Waals surface area contributed by atoms with Gasteiger partial charge in [0, 0.05) is 0 Å². The lowest BCUT2D eigenvalue weighted by Gasteiger charge is -2.22. The van der Waals surface area contributed by atoms with Crippen LogP contribution in [0, 0.1) is 5.82 Å². The number of benzene rings is 1. The first-order chi connectivity index (χ1) is 10.8. The zero-order valence-electron chi connectivity index (χ0n) is 12.9. The molecule has 0 saturated heterocycles. The molecule has 5 nitrogen and oxygen atoms in total. The van der Waals surface area contributed by atoms with Crippen LogP contribution in [0.5, 0.6) is 0 Å². The quantitative estimate of drug-likeness (QED) is 0.791. The molecule has 0 atom stereocenters. The highest BCUT2D eigenvalue weighted by molar-refractivity contribution is 7.90. The van der Waals surface area contributed by atoms with Crippen molar-refractivity contribution in [1.29, 1.82) is 0 Å². The van der Waals surface area contributed by atoms with Crippen LogP contribution in [-0.2, 0) is 16.4 Å². The number of carbonyl (C=O) groups excluding carboxylic acids is 1. The number of hydrogen-bond acceptors (Lipinski definition) is 3. The SMILES string of the molecule is CCc1cc(Cl)c(F)c(C(=O)NNS(=O)(=O)C2CCCCC2)c1. The highest BCUT2D eigenvalue weighted by Crippen LogP contribution is 2.23. The normalized spacial score (nSPS) is 16.3. The van der Waals surface area contributed by atoms with Gasteiger partial charge >= 0.3 is 0 Å². The van der Waals surface area contributed by atoms with Crippen LogP contribution in [0.25, 0.3) is 0 Å². The molecule has 8 heteroatoms. The van der Waals surface area contributed by atoms with E-state index in [-0.39, 0.29) is 10.6 Å². The molecular weight excluding hydrogens is 343 g/mol. The Kier molecular flexibility index (Phi) is 6.00. The molecule has 0 spiro atoms. The van der Waals surface area contributed by atoms with Gasteiger partial charge < -0.3 is 0 Å². The third-order valence-corrected chi connectivity index (χ3v) is 6.05. The van der Waals surface area contributed by atoms with Crippen molar-refractivity contribution in [2.24, 2.45) is 0 Å². The minimum Gasteiger partial charge on any atom is -0.274 e. The van der Waals surface area contributed by atoms with E-state index in [1.807, 2.05) is 6.92 Å². The third kappa shape index (κ3) is 4.43. The van der Waals surface area contributed by atoms with Gasteiger partial charge in [0.1, 0.15) is 0 Å². The molecular formula is C15H20ClFN2O3S. The molecule has 1 amide bonds. The standard InChI is InChI=1S/C15H20ClFN2O3S/c1-2-10-8-12(14(17)13(16)9-10)15(20)18-19-23(21,22)11-6-4-3-5-7-11/h8-9,11,19H,2-7H2,1H3,(H,18,20). The summed E-state index contributed by atoms with van der Waals surface area (Å²) in [6, 6.07) is 2.81. The minimum absolute atomic E-state index is 0.162. The van der Waals surface area contributed by atoms with Crippen molar-refractivity contribution in [3.63, 3.8) is 0 Å². The molecule has 1 aromatic rings. The third-order valence-electron chi connectivity index (χ3n) is 4.04. The van der Waals surface area contributed by atoms with Crippen molar-refractivity contribution in [2.45, 2.75) is 50.7 Å². The van der Waals surface area contributed by atoms with E-state index >= 15 is 0 Å². The zero-order valence-corrected chi connectivity index (χ0v) is 14.4. The van der Waals surface area contributed by atoms with Gasteiger partial charge in [-0.3, -0.25) is 10.2 Å². The number of amides is 1. The summed E-state index contributed by atoms with van der Waals surface area (Å²) in [6.07, 6.45) is 4.43. The molecule has 2 N–H and O–H groups in total. The Morgan fingerprint density at radius 3 is 2.57 bits per heavy atom. The van der Waals surface area contributed by atoms with Gasteiger partial charge in [-0.15, -0.1) is 4.83 Å². The van der Waals surface area contributed by atoms with Crippen LogP contribution in [0.2, 0.25) is 5.02 Å². The van der Waals surface area contributed by atoms with Gasteiger partial charge in [0.25, 0.3) is 5.91 Å². The minimum atomic E-state index is -3.66. The molecule has 1 saturated carbocycles. The van der Waals surface area contributed by atoms with Crippen molar-refractivity contribution in [3.05, 3.63) is 34.1 Å². The zero-order chi connectivity index (χ0) is 17.0. The van der Waals surface area contributed by atoms with Crippen molar-refractivity contribution in [2.75, 3.05) is 0 Å². The molecule has 0 bridgehead atoms. The number of halogens is 2. The largest absolute Gasteiger partial charge is 0.274 e. The van der Waals surface area contributed by atoms with E-state index in [9.17, 15) is 17.6 Å². The van der Waals surface area contributed by atoms with Gasteiger partial charge in [0.05, 0.1) is 15.8 Å². The second-order valence-corrected chi connectivity index (χ2v) is 8.02. The van der Waals surface area contributed by atoms with E-state index < -0.39 is 27.0 Å². The van der Waals surface area contributed by atoms with Crippen LogP contribution in [0.4, 0.5) is 4.39 Å². The van der Waals surface area contributed by atoms with E-state index in [4.69, 9.17) is 11.6 Å². The number of sulfonamides is 1. The molecule has 128 valence electrons. The maximum absolute atomic E-state index is 14.0. The maximum Gasteiger partial charge on any atom is 0.269 e. The van der Waals surface area contributed by atoms with Gasteiger partial charge in [-0.1, -0.05) is 37.8 Å². The molecule has 1 aliphatic carbocycles. The number of nitrogens with one attached hydrogen (secondary N) is 2. The smallest absolute Gasteiger partial charge is 0.269 e. The Morgan fingerprint density at radius 1 is 1.30 bits per heavy atom. The van der Waals surface area contributed by atoms with E-state index in [0.29, 0.717) is 24.8 Å². The number of hydrazine groups is 1. The van der Waals surface area contributed by atoms with Crippen LogP contribution < -0.4 is 10.3 Å². The first-order valence-electron chi connectivity index (χ1n) is 7.64. The van der Waals surface area contributed by atoms with Crippen LogP contribution in [0.3, 0.4) is 0 Å². The molecule has 1 fully saturated rings. The fourth-order valence-corrected chi connectivity index (χ4v) is 4.26. The predicted molar refractivity (Wildman–Crippen MR) is 87.2 cm³/mol. The second-order valence-electron chi connectivity index (χ2n) is 5.65. The maximum atomic E-state index is 14.0. The van der Waals surface area contributed by atoms with Crippen molar-refractivity contribution in [3.8, 4) is 0 Å². The van der Waals surface area contributed by atoms with Crippen molar-refractivity contribution in [1.82, 2.24) is 10.3 Å². The molecule has 2 rings (SSSR count). The average molecular weight is 363 g/mol. The Balaban J connectivity index is 2.09. The molecule has 0 aromatic heterocycles. The van der Waals surface area contributed by atoms with E-state index in [1.54, 1.807) is 0 Å². The first-order valence-corrected chi connectivity index (χ1v) is 9.56. The molecule has 0 radical (unpaired) electrons. The summed E-state index contributed by atoms with van der Waals surface area (Å²) in [5, 5.41) is -0.684. The van der Waals surface area contributed by atoms with E-state index in [0.717, 1.165) is 19.3 Å². The summed E-state index contributed by atoms with van der Waals surface area (Å²) in [7, 11) is -3.66. The van der Waals surface area contributed by atoms with Crippen molar-refractivity contribution >= 4 is 27.5 Å². The lowest BCUT2D eigenvalue weighted by atomic mass is 10.0. The summed E-state index contributed by atoms with van der Waals surface area (Å²) in [4.78, 5) is 14.2. The molecule has 0 unspecified atom stereocenters. The summed E-state index contributed by atoms with van der Waals surface area (Å²) >= 11 is 5.76. The number of aryl methyl sites for hydroxylation is 1. The summed E-state index contributed by atoms with van der Waals surface area (Å²) < 4.78 is 38.3. The Hall–Kier alpha value is -1.18. The fourth-order valence-electron chi connectivity index (χ4n) is 2.66.